The highest BCUT2D eigenvalue weighted by atomic mass is 32.2. The first kappa shape index (κ1) is 17.5. The molecule has 1 aliphatic heterocycles. The first-order valence-electron chi connectivity index (χ1n) is 7.20. The van der Waals surface area contributed by atoms with Crippen LogP contribution in [0.3, 0.4) is 0 Å². The molecule has 0 aromatic heterocycles. The second kappa shape index (κ2) is 7.61. The number of hydrogen-bond donors (Lipinski definition) is 1. The molecule has 122 valence electrons. The minimum Gasteiger partial charge on any atom is -0.494 e. The summed E-state index contributed by atoms with van der Waals surface area (Å²) in [6.07, 6.45) is 2.02. The highest BCUT2D eigenvalue weighted by Gasteiger charge is 2.39. The Kier molecular flexibility index (Phi) is 5.79. The van der Waals surface area contributed by atoms with Crippen LogP contribution in [-0.2, 0) is 9.59 Å². The largest absolute Gasteiger partial charge is 0.494 e. The molecule has 5 nitrogen and oxygen atoms in total. The molecule has 7 heteroatoms. The van der Waals surface area contributed by atoms with Crippen LogP contribution in [0.4, 0.5) is 0 Å². The fraction of sp³-hybridized carbons (Fsp3) is 0.312. The molecule has 1 saturated heterocycles. The van der Waals surface area contributed by atoms with Crippen LogP contribution >= 0.6 is 24.0 Å². The van der Waals surface area contributed by atoms with Gasteiger partial charge in [-0.25, -0.2) is 4.79 Å². The molecule has 1 fully saturated rings. The molecule has 0 aliphatic carbocycles. The van der Waals surface area contributed by atoms with E-state index in [4.69, 9.17) is 17.0 Å². The van der Waals surface area contributed by atoms with Crippen LogP contribution in [-0.4, -0.2) is 38.9 Å². The SMILES string of the molecule is CCOc1ccc(/C=C2\SC(=S)N([C@@H](CC)C(=O)O)C2=O)cc1. The lowest BCUT2D eigenvalue weighted by atomic mass is 10.1. The number of aliphatic carboxylic acids is 1. The maximum atomic E-state index is 12.5. The minimum absolute atomic E-state index is 0.279. The highest BCUT2D eigenvalue weighted by Crippen LogP contribution is 2.34. The first-order valence-corrected chi connectivity index (χ1v) is 8.43. The van der Waals surface area contributed by atoms with Gasteiger partial charge in [-0.1, -0.05) is 43.0 Å². The number of rotatable bonds is 6. The molecule has 0 unspecified atom stereocenters. The molecule has 1 aromatic carbocycles. The van der Waals surface area contributed by atoms with Gasteiger partial charge in [0.05, 0.1) is 11.5 Å². The number of carboxylic acids is 1. The van der Waals surface area contributed by atoms with Crippen LogP contribution < -0.4 is 4.74 Å². The Balaban J connectivity index is 2.22. The van der Waals surface area contributed by atoms with Gasteiger partial charge in [0, 0.05) is 0 Å². The van der Waals surface area contributed by atoms with Gasteiger partial charge in [-0.15, -0.1) is 0 Å². The molecule has 0 radical (unpaired) electrons. The molecule has 0 spiro atoms. The average Bonchev–Trinajstić information content (AvgIpc) is 2.78. The third kappa shape index (κ3) is 3.92. The summed E-state index contributed by atoms with van der Waals surface area (Å²) < 4.78 is 5.65. The van der Waals surface area contributed by atoms with E-state index >= 15 is 0 Å². The fourth-order valence-electron chi connectivity index (χ4n) is 2.19. The van der Waals surface area contributed by atoms with E-state index in [0.717, 1.165) is 23.1 Å². The summed E-state index contributed by atoms with van der Waals surface area (Å²) in [4.78, 5) is 25.3. The monoisotopic (exact) mass is 351 g/mol. The number of benzene rings is 1. The number of hydrogen-bond acceptors (Lipinski definition) is 5. The van der Waals surface area contributed by atoms with Crippen molar-refractivity contribution in [2.24, 2.45) is 0 Å². The second-order valence-electron chi connectivity index (χ2n) is 4.82. The summed E-state index contributed by atoms with van der Waals surface area (Å²) in [5.74, 6) is -0.650. The van der Waals surface area contributed by atoms with Crippen molar-refractivity contribution in [1.29, 1.82) is 0 Å². The molecule has 1 N–H and O–H groups in total. The number of carbonyl (C=O) groups excluding carboxylic acids is 1. The topological polar surface area (TPSA) is 66.8 Å². The molecular formula is C16H17NO4S2. The Morgan fingerprint density at radius 1 is 1.39 bits per heavy atom. The maximum Gasteiger partial charge on any atom is 0.326 e. The number of amides is 1. The van der Waals surface area contributed by atoms with Crippen LogP contribution in [0.15, 0.2) is 29.2 Å². The number of thiocarbonyl (C=S) groups is 1. The Bertz CT molecular complexity index is 655. The van der Waals surface area contributed by atoms with Gasteiger partial charge in [0.15, 0.2) is 0 Å². The van der Waals surface area contributed by atoms with Gasteiger partial charge in [0.2, 0.25) is 0 Å². The van der Waals surface area contributed by atoms with E-state index in [1.807, 2.05) is 31.2 Å². The molecule has 2 rings (SSSR count). The van der Waals surface area contributed by atoms with Crippen molar-refractivity contribution in [3.8, 4) is 5.75 Å². The normalized spacial score (nSPS) is 17.7. The van der Waals surface area contributed by atoms with Crippen LogP contribution in [0.1, 0.15) is 25.8 Å². The van der Waals surface area contributed by atoms with Crippen LogP contribution in [0, 0.1) is 0 Å². The van der Waals surface area contributed by atoms with Gasteiger partial charge < -0.3 is 9.84 Å². The van der Waals surface area contributed by atoms with Crippen molar-refractivity contribution >= 4 is 46.3 Å². The summed E-state index contributed by atoms with van der Waals surface area (Å²) in [5, 5.41) is 9.23. The van der Waals surface area contributed by atoms with Crippen molar-refractivity contribution in [3.05, 3.63) is 34.7 Å². The predicted octanol–water partition coefficient (Wildman–Crippen LogP) is 3.15. The standard InChI is InChI=1S/C16H17NO4S2/c1-3-12(15(19)20)17-14(18)13(23-16(17)22)9-10-5-7-11(8-6-10)21-4-2/h5-9,12H,3-4H2,1-2H3,(H,19,20)/b13-9-/t12-/m0/s1. The molecule has 1 aromatic rings. The third-order valence-electron chi connectivity index (χ3n) is 3.30. The van der Waals surface area contributed by atoms with E-state index in [0.29, 0.717) is 17.9 Å². The summed E-state index contributed by atoms with van der Waals surface area (Å²) in [6, 6.07) is 6.40. The smallest absolute Gasteiger partial charge is 0.326 e. The summed E-state index contributed by atoms with van der Waals surface area (Å²) in [6.45, 7) is 4.21. The van der Waals surface area contributed by atoms with Crippen LogP contribution in [0.5, 0.6) is 5.75 Å². The molecule has 0 saturated carbocycles. The van der Waals surface area contributed by atoms with E-state index in [-0.39, 0.29) is 10.2 Å². The lowest BCUT2D eigenvalue weighted by Gasteiger charge is -2.21. The summed E-state index contributed by atoms with van der Waals surface area (Å²) in [5.41, 5.74) is 0.831. The lowest BCUT2D eigenvalue weighted by molar-refractivity contribution is -0.145. The number of thioether (sulfide) groups is 1. The van der Waals surface area contributed by atoms with Crippen molar-refractivity contribution < 1.29 is 19.4 Å². The van der Waals surface area contributed by atoms with Gasteiger partial charge in [-0.3, -0.25) is 9.69 Å². The third-order valence-corrected chi connectivity index (χ3v) is 4.63. The van der Waals surface area contributed by atoms with Crippen molar-refractivity contribution in [3.63, 3.8) is 0 Å². The van der Waals surface area contributed by atoms with Crippen molar-refractivity contribution in [1.82, 2.24) is 4.90 Å². The molecule has 1 atom stereocenters. The van der Waals surface area contributed by atoms with E-state index < -0.39 is 12.0 Å². The number of carboxylic acid groups (broad SMARTS) is 1. The van der Waals surface area contributed by atoms with E-state index in [1.165, 1.54) is 4.90 Å². The number of nitrogens with zero attached hydrogens (tertiary/aromatic N) is 1. The summed E-state index contributed by atoms with van der Waals surface area (Å²) >= 11 is 6.30. The molecule has 1 heterocycles. The molecular weight excluding hydrogens is 334 g/mol. The van der Waals surface area contributed by atoms with E-state index in [2.05, 4.69) is 0 Å². The predicted molar refractivity (Wildman–Crippen MR) is 94.3 cm³/mol. The average molecular weight is 351 g/mol. The first-order chi connectivity index (χ1) is 11.0. The van der Waals surface area contributed by atoms with Crippen LogP contribution in [0.25, 0.3) is 6.08 Å². The minimum atomic E-state index is -1.05. The number of carbonyl (C=O) groups is 2. The number of ether oxygens (including phenoxy) is 1. The molecule has 0 bridgehead atoms. The summed E-state index contributed by atoms with van der Waals surface area (Å²) in [7, 11) is 0. The van der Waals surface area contributed by atoms with Gasteiger partial charge in [0.1, 0.15) is 16.1 Å². The molecule has 1 aliphatic rings. The zero-order chi connectivity index (χ0) is 17.0. The van der Waals surface area contributed by atoms with Crippen LogP contribution in [0.2, 0.25) is 0 Å². The fourth-order valence-corrected chi connectivity index (χ4v) is 3.55. The Labute approximate surface area is 144 Å². The van der Waals surface area contributed by atoms with Crippen molar-refractivity contribution in [2.45, 2.75) is 26.3 Å². The second-order valence-corrected chi connectivity index (χ2v) is 6.49. The van der Waals surface area contributed by atoms with E-state index in [1.54, 1.807) is 13.0 Å². The van der Waals surface area contributed by atoms with Crippen molar-refractivity contribution in [2.75, 3.05) is 6.61 Å². The van der Waals surface area contributed by atoms with Gasteiger partial charge >= 0.3 is 5.97 Å². The Morgan fingerprint density at radius 3 is 2.57 bits per heavy atom. The van der Waals surface area contributed by atoms with Gasteiger partial charge in [-0.05, 0) is 37.1 Å². The molecule has 1 amide bonds. The van der Waals surface area contributed by atoms with Gasteiger partial charge in [-0.2, -0.15) is 0 Å². The highest BCUT2D eigenvalue weighted by molar-refractivity contribution is 8.26. The Morgan fingerprint density at radius 2 is 2.04 bits per heavy atom. The Hall–Kier alpha value is -1.86. The van der Waals surface area contributed by atoms with E-state index in [9.17, 15) is 14.7 Å². The zero-order valence-corrected chi connectivity index (χ0v) is 14.4. The van der Waals surface area contributed by atoms with Gasteiger partial charge in [0.25, 0.3) is 5.91 Å². The lowest BCUT2D eigenvalue weighted by Crippen LogP contribution is -2.43. The molecule has 23 heavy (non-hydrogen) atoms. The quantitative estimate of drug-likeness (QED) is 0.627. The maximum absolute atomic E-state index is 12.5. The zero-order valence-electron chi connectivity index (χ0n) is 12.8.